The number of aryl methyl sites for hydroxylation is 2. The summed E-state index contributed by atoms with van der Waals surface area (Å²) in [6, 6.07) is 26.8. The van der Waals surface area contributed by atoms with Crippen LogP contribution in [0.15, 0.2) is 78.9 Å². The molecule has 0 aromatic heterocycles. The van der Waals surface area contributed by atoms with E-state index in [1.165, 1.54) is 11.1 Å². The molecule has 0 saturated carbocycles. The zero-order valence-corrected chi connectivity index (χ0v) is 16.5. The number of amides is 1. The number of carbonyl (C=O) groups excluding carboxylic acids is 1. The second-order valence-electron chi connectivity index (χ2n) is 7.02. The monoisotopic (exact) mass is 373 g/mol. The highest BCUT2D eigenvalue weighted by Crippen LogP contribution is 2.27. The van der Waals surface area contributed by atoms with Crippen LogP contribution in [-0.4, -0.2) is 19.1 Å². The number of benzene rings is 3. The highest BCUT2D eigenvalue weighted by molar-refractivity contribution is 5.77. The van der Waals surface area contributed by atoms with Crippen molar-refractivity contribution in [2.75, 3.05) is 13.2 Å². The fourth-order valence-electron chi connectivity index (χ4n) is 3.47. The first kappa shape index (κ1) is 19.7. The third-order valence-electron chi connectivity index (χ3n) is 4.92. The van der Waals surface area contributed by atoms with Crippen LogP contribution in [0.5, 0.6) is 5.75 Å². The molecule has 0 saturated heterocycles. The first-order valence-corrected chi connectivity index (χ1v) is 9.71. The molecule has 3 heteroatoms. The van der Waals surface area contributed by atoms with Gasteiger partial charge in [0.05, 0.1) is 0 Å². The fourth-order valence-corrected chi connectivity index (χ4v) is 3.47. The molecule has 0 aliphatic rings. The van der Waals surface area contributed by atoms with Gasteiger partial charge in [-0.25, -0.2) is 0 Å². The van der Waals surface area contributed by atoms with Gasteiger partial charge in [0.15, 0.2) is 6.61 Å². The van der Waals surface area contributed by atoms with E-state index in [9.17, 15) is 4.79 Å². The van der Waals surface area contributed by atoms with Gasteiger partial charge >= 0.3 is 0 Å². The maximum Gasteiger partial charge on any atom is 0.257 e. The van der Waals surface area contributed by atoms with Crippen LogP contribution in [0.4, 0.5) is 0 Å². The summed E-state index contributed by atoms with van der Waals surface area (Å²) < 4.78 is 5.74. The molecule has 0 unspecified atom stereocenters. The van der Waals surface area contributed by atoms with Gasteiger partial charge in [-0.2, -0.15) is 0 Å². The number of carbonyl (C=O) groups is 1. The van der Waals surface area contributed by atoms with E-state index < -0.39 is 0 Å². The quantitative estimate of drug-likeness (QED) is 0.602. The minimum absolute atomic E-state index is 0.0348. The van der Waals surface area contributed by atoms with Gasteiger partial charge in [-0.15, -0.1) is 0 Å². The van der Waals surface area contributed by atoms with Gasteiger partial charge in [0.2, 0.25) is 0 Å². The smallest absolute Gasteiger partial charge is 0.257 e. The number of nitrogens with one attached hydrogen (secondary N) is 1. The molecule has 1 N–H and O–H groups in total. The lowest BCUT2D eigenvalue weighted by molar-refractivity contribution is -0.123. The van der Waals surface area contributed by atoms with E-state index in [1.807, 2.05) is 44.2 Å². The SMILES string of the molecule is Cc1cccc(C)c1OCC(=O)NCCC(c1ccccc1)c1ccccc1. The van der Waals surface area contributed by atoms with E-state index in [4.69, 9.17) is 4.74 Å². The van der Waals surface area contributed by atoms with Gasteiger partial charge in [-0.3, -0.25) is 4.79 Å². The van der Waals surface area contributed by atoms with Crippen molar-refractivity contribution in [3.05, 3.63) is 101 Å². The van der Waals surface area contributed by atoms with Gasteiger partial charge < -0.3 is 10.1 Å². The Bertz CT molecular complexity index is 831. The number of hydrogen-bond acceptors (Lipinski definition) is 2. The van der Waals surface area contributed by atoms with Crippen LogP contribution in [0.1, 0.15) is 34.6 Å². The summed E-state index contributed by atoms with van der Waals surface area (Å²) in [4.78, 5) is 12.3. The maximum absolute atomic E-state index is 12.3. The molecule has 0 fully saturated rings. The number of ether oxygens (including phenoxy) is 1. The summed E-state index contributed by atoms with van der Waals surface area (Å²) in [7, 11) is 0. The van der Waals surface area contributed by atoms with Gasteiger partial charge in [0, 0.05) is 12.5 Å². The highest BCUT2D eigenvalue weighted by Gasteiger charge is 2.14. The van der Waals surface area contributed by atoms with Crippen LogP contribution < -0.4 is 10.1 Å². The lowest BCUT2D eigenvalue weighted by atomic mass is 9.88. The van der Waals surface area contributed by atoms with Crippen LogP contribution in [0.25, 0.3) is 0 Å². The Morgan fingerprint density at radius 1 is 0.821 bits per heavy atom. The van der Waals surface area contributed by atoms with E-state index in [0.717, 1.165) is 23.3 Å². The van der Waals surface area contributed by atoms with Gasteiger partial charge in [0.25, 0.3) is 5.91 Å². The summed E-state index contributed by atoms with van der Waals surface area (Å²) in [5, 5.41) is 3.00. The highest BCUT2D eigenvalue weighted by atomic mass is 16.5. The lowest BCUT2D eigenvalue weighted by Gasteiger charge is -2.18. The number of rotatable bonds is 8. The van der Waals surface area contributed by atoms with Gasteiger partial charge in [0.1, 0.15) is 5.75 Å². The molecule has 0 spiro atoms. The molecule has 3 rings (SSSR count). The predicted octanol–water partition coefficient (Wildman–Crippen LogP) is 5.02. The molecule has 144 valence electrons. The third-order valence-corrected chi connectivity index (χ3v) is 4.92. The van der Waals surface area contributed by atoms with E-state index in [-0.39, 0.29) is 18.4 Å². The Kier molecular flexibility index (Phi) is 6.85. The topological polar surface area (TPSA) is 38.3 Å². The van der Waals surface area contributed by atoms with Crippen LogP contribution in [0.2, 0.25) is 0 Å². The van der Waals surface area contributed by atoms with Crippen LogP contribution in [0, 0.1) is 13.8 Å². The minimum atomic E-state index is -0.0949. The van der Waals surface area contributed by atoms with Crippen molar-refractivity contribution in [2.45, 2.75) is 26.2 Å². The molecule has 0 bridgehead atoms. The summed E-state index contributed by atoms with van der Waals surface area (Å²) in [5.74, 6) is 0.953. The second-order valence-corrected chi connectivity index (χ2v) is 7.02. The largest absolute Gasteiger partial charge is 0.483 e. The molecule has 3 nitrogen and oxygen atoms in total. The van der Waals surface area contributed by atoms with Gasteiger partial charge in [-0.05, 0) is 42.5 Å². The number of hydrogen-bond donors (Lipinski definition) is 1. The molecule has 0 aliphatic carbocycles. The Morgan fingerprint density at radius 2 is 1.36 bits per heavy atom. The molecule has 3 aromatic carbocycles. The average molecular weight is 373 g/mol. The summed E-state index contributed by atoms with van der Waals surface area (Å²) >= 11 is 0. The van der Waals surface area contributed by atoms with Crippen molar-refractivity contribution in [3.63, 3.8) is 0 Å². The summed E-state index contributed by atoms with van der Waals surface area (Å²) in [5.41, 5.74) is 4.60. The third kappa shape index (κ3) is 5.23. The van der Waals surface area contributed by atoms with E-state index in [1.54, 1.807) is 0 Å². The molecule has 0 heterocycles. The summed E-state index contributed by atoms with van der Waals surface area (Å²) in [6.07, 6.45) is 0.836. The lowest BCUT2D eigenvalue weighted by Crippen LogP contribution is -2.30. The van der Waals surface area contributed by atoms with Crippen molar-refractivity contribution in [2.24, 2.45) is 0 Å². The molecule has 1 amide bonds. The van der Waals surface area contributed by atoms with Crippen molar-refractivity contribution in [1.82, 2.24) is 5.32 Å². The predicted molar refractivity (Wildman–Crippen MR) is 114 cm³/mol. The normalized spacial score (nSPS) is 10.7. The standard InChI is InChI=1S/C25H27NO2/c1-19-10-9-11-20(2)25(19)28-18-24(27)26-17-16-23(21-12-5-3-6-13-21)22-14-7-4-8-15-22/h3-15,23H,16-18H2,1-2H3,(H,26,27). The fraction of sp³-hybridized carbons (Fsp3) is 0.240. The molecular weight excluding hydrogens is 346 g/mol. The van der Waals surface area contributed by atoms with Crippen molar-refractivity contribution in [3.8, 4) is 5.75 Å². The zero-order valence-electron chi connectivity index (χ0n) is 16.5. The number of para-hydroxylation sites is 1. The second kappa shape index (κ2) is 9.75. The van der Waals surface area contributed by atoms with Crippen molar-refractivity contribution < 1.29 is 9.53 Å². The Hall–Kier alpha value is -3.07. The minimum Gasteiger partial charge on any atom is -0.483 e. The van der Waals surface area contributed by atoms with Crippen LogP contribution in [0.3, 0.4) is 0 Å². The molecule has 0 atom stereocenters. The van der Waals surface area contributed by atoms with E-state index in [0.29, 0.717) is 6.54 Å². The molecule has 28 heavy (non-hydrogen) atoms. The molecule has 0 aliphatic heterocycles. The first-order chi connectivity index (χ1) is 13.6. The van der Waals surface area contributed by atoms with E-state index >= 15 is 0 Å². The Balaban J connectivity index is 1.56. The first-order valence-electron chi connectivity index (χ1n) is 9.71. The van der Waals surface area contributed by atoms with Gasteiger partial charge in [-0.1, -0.05) is 78.9 Å². The van der Waals surface area contributed by atoms with Crippen molar-refractivity contribution in [1.29, 1.82) is 0 Å². The van der Waals surface area contributed by atoms with Crippen molar-refractivity contribution >= 4 is 5.91 Å². The molecule has 0 radical (unpaired) electrons. The van der Waals surface area contributed by atoms with E-state index in [2.05, 4.69) is 53.8 Å². The average Bonchev–Trinajstić information content (AvgIpc) is 2.72. The Labute approximate surface area is 167 Å². The molecule has 3 aromatic rings. The molecular formula is C25H27NO2. The zero-order chi connectivity index (χ0) is 19.8. The van der Waals surface area contributed by atoms with Crippen LogP contribution >= 0.6 is 0 Å². The maximum atomic E-state index is 12.3. The Morgan fingerprint density at radius 3 is 1.89 bits per heavy atom. The summed E-state index contributed by atoms with van der Waals surface area (Å²) in [6.45, 7) is 4.62. The van der Waals surface area contributed by atoms with Crippen LogP contribution in [-0.2, 0) is 4.79 Å².